The zero-order chi connectivity index (χ0) is 15.4. The number of hydrogen-bond acceptors (Lipinski definition) is 3. The molecule has 0 aliphatic rings. The number of nitrogens with one attached hydrogen (secondary N) is 1. The second-order valence-electron chi connectivity index (χ2n) is 4.92. The number of halogens is 1. The first kappa shape index (κ1) is 15.4. The SMILES string of the molecule is CCn1cncc1CNc1cc(C(=O)N(C)C)ccc1Cl. The number of nitrogens with zero attached hydrogens (tertiary/aromatic N) is 3. The lowest BCUT2D eigenvalue weighted by molar-refractivity contribution is 0.0827. The van der Waals surface area contributed by atoms with Gasteiger partial charge in [0, 0.05) is 32.4 Å². The molecule has 1 amide bonds. The quantitative estimate of drug-likeness (QED) is 0.924. The number of benzene rings is 1. The van der Waals surface area contributed by atoms with Crippen LogP contribution in [0.15, 0.2) is 30.7 Å². The molecule has 0 aliphatic carbocycles. The fraction of sp³-hybridized carbons (Fsp3) is 0.333. The van der Waals surface area contributed by atoms with E-state index in [1.165, 1.54) is 0 Å². The molecule has 0 spiro atoms. The van der Waals surface area contributed by atoms with E-state index in [2.05, 4.69) is 21.8 Å². The maximum absolute atomic E-state index is 12.0. The number of aryl methyl sites for hydroxylation is 1. The van der Waals surface area contributed by atoms with Crippen molar-refractivity contribution in [3.8, 4) is 0 Å². The maximum atomic E-state index is 12.0. The molecule has 0 radical (unpaired) electrons. The standard InChI is InChI=1S/C15H19ClN4O/c1-4-20-10-17-8-12(20)9-18-14-7-11(5-6-13(14)16)15(21)19(2)3/h5-8,10,18H,4,9H2,1-3H3. The Labute approximate surface area is 129 Å². The summed E-state index contributed by atoms with van der Waals surface area (Å²) in [5, 5.41) is 3.85. The van der Waals surface area contributed by atoms with E-state index in [9.17, 15) is 4.79 Å². The van der Waals surface area contributed by atoms with E-state index in [1.807, 2.05) is 6.20 Å². The number of amides is 1. The first-order valence-corrected chi connectivity index (χ1v) is 7.14. The fourth-order valence-electron chi connectivity index (χ4n) is 2.02. The van der Waals surface area contributed by atoms with Gasteiger partial charge in [-0.3, -0.25) is 4.79 Å². The van der Waals surface area contributed by atoms with Crippen molar-refractivity contribution >= 4 is 23.2 Å². The van der Waals surface area contributed by atoms with Crippen molar-refractivity contribution in [1.29, 1.82) is 0 Å². The van der Waals surface area contributed by atoms with E-state index >= 15 is 0 Å². The van der Waals surface area contributed by atoms with Crippen molar-refractivity contribution in [2.24, 2.45) is 0 Å². The van der Waals surface area contributed by atoms with Gasteiger partial charge in [-0.2, -0.15) is 0 Å². The predicted molar refractivity (Wildman–Crippen MR) is 84.7 cm³/mol. The van der Waals surface area contributed by atoms with E-state index in [1.54, 1.807) is 43.5 Å². The lowest BCUT2D eigenvalue weighted by atomic mass is 10.1. The first-order valence-electron chi connectivity index (χ1n) is 6.77. The summed E-state index contributed by atoms with van der Waals surface area (Å²) in [6.07, 6.45) is 3.61. The highest BCUT2D eigenvalue weighted by Crippen LogP contribution is 2.24. The lowest BCUT2D eigenvalue weighted by Gasteiger charge is -2.14. The molecule has 0 saturated carbocycles. The Kier molecular flexibility index (Phi) is 4.85. The zero-order valence-electron chi connectivity index (χ0n) is 12.4. The monoisotopic (exact) mass is 306 g/mol. The molecule has 0 unspecified atom stereocenters. The molecule has 21 heavy (non-hydrogen) atoms. The molecule has 0 atom stereocenters. The van der Waals surface area contributed by atoms with Crippen LogP contribution < -0.4 is 5.32 Å². The molecule has 1 N–H and O–H groups in total. The van der Waals surface area contributed by atoms with Crippen LogP contribution in [0.3, 0.4) is 0 Å². The molecule has 0 bridgehead atoms. The molecule has 1 aromatic carbocycles. The molecule has 2 rings (SSSR count). The van der Waals surface area contributed by atoms with Gasteiger partial charge in [0.05, 0.1) is 29.3 Å². The average molecular weight is 307 g/mol. The van der Waals surface area contributed by atoms with Crippen molar-refractivity contribution in [3.63, 3.8) is 0 Å². The number of anilines is 1. The van der Waals surface area contributed by atoms with Gasteiger partial charge < -0.3 is 14.8 Å². The fourth-order valence-corrected chi connectivity index (χ4v) is 2.20. The molecule has 5 nitrogen and oxygen atoms in total. The molecule has 0 aliphatic heterocycles. The number of carbonyl (C=O) groups excluding carboxylic acids is 1. The van der Waals surface area contributed by atoms with E-state index in [0.717, 1.165) is 17.9 Å². The zero-order valence-corrected chi connectivity index (χ0v) is 13.2. The van der Waals surface area contributed by atoms with Crippen LogP contribution in [-0.4, -0.2) is 34.5 Å². The molecule has 0 saturated heterocycles. The van der Waals surface area contributed by atoms with Crippen LogP contribution >= 0.6 is 11.6 Å². The normalized spacial score (nSPS) is 10.5. The van der Waals surface area contributed by atoms with Crippen LogP contribution in [0.4, 0.5) is 5.69 Å². The highest BCUT2D eigenvalue weighted by atomic mass is 35.5. The van der Waals surface area contributed by atoms with Crippen LogP contribution in [0, 0.1) is 0 Å². The maximum Gasteiger partial charge on any atom is 0.253 e. The summed E-state index contributed by atoms with van der Waals surface area (Å²) < 4.78 is 2.05. The van der Waals surface area contributed by atoms with Gasteiger partial charge >= 0.3 is 0 Å². The Morgan fingerprint density at radius 2 is 2.19 bits per heavy atom. The predicted octanol–water partition coefficient (Wildman–Crippen LogP) is 2.87. The topological polar surface area (TPSA) is 50.2 Å². The summed E-state index contributed by atoms with van der Waals surface area (Å²) in [4.78, 5) is 17.6. The number of carbonyl (C=O) groups is 1. The van der Waals surface area contributed by atoms with Gasteiger partial charge in [0.1, 0.15) is 0 Å². The Morgan fingerprint density at radius 3 is 2.86 bits per heavy atom. The minimum Gasteiger partial charge on any atom is -0.378 e. The van der Waals surface area contributed by atoms with Crippen LogP contribution in [0.1, 0.15) is 23.0 Å². The molecule has 2 aromatic rings. The highest BCUT2D eigenvalue weighted by molar-refractivity contribution is 6.33. The van der Waals surface area contributed by atoms with Crippen molar-refractivity contribution in [2.75, 3.05) is 19.4 Å². The first-order chi connectivity index (χ1) is 10.0. The summed E-state index contributed by atoms with van der Waals surface area (Å²) in [6, 6.07) is 5.24. The van der Waals surface area contributed by atoms with Crippen LogP contribution in [-0.2, 0) is 13.1 Å². The second-order valence-corrected chi connectivity index (χ2v) is 5.33. The molecule has 1 heterocycles. The molecule has 112 valence electrons. The Morgan fingerprint density at radius 1 is 1.43 bits per heavy atom. The summed E-state index contributed by atoms with van der Waals surface area (Å²) in [7, 11) is 3.45. The molecule has 6 heteroatoms. The van der Waals surface area contributed by atoms with E-state index in [4.69, 9.17) is 11.6 Å². The van der Waals surface area contributed by atoms with E-state index < -0.39 is 0 Å². The Balaban J connectivity index is 2.16. The van der Waals surface area contributed by atoms with Crippen LogP contribution in [0.25, 0.3) is 0 Å². The third-order valence-corrected chi connectivity index (χ3v) is 3.55. The van der Waals surface area contributed by atoms with Gasteiger partial charge in [0.2, 0.25) is 0 Å². The highest BCUT2D eigenvalue weighted by Gasteiger charge is 2.11. The molecule has 1 aromatic heterocycles. The summed E-state index contributed by atoms with van der Waals surface area (Å²) in [6.45, 7) is 3.53. The molecular formula is C15H19ClN4O. The Bertz CT molecular complexity index is 636. The third kappa shape index (κ3) is 3.55. The largest absolute Gasteiger partial charge is 0.378 e. The minimum absolute atomic E-state index is 0.0479. The van der Waals surface area contributed by atoms with Crippen molar-refractivity contribution in [1.82, 2.24) is 14.5 Å². The van der Waals surface area contributed by atoms with Gasteiger partial charge in [0.25, 0.3) is 5.91 Å². The van der Waals surface area contributed by atoms with Gasteiger partial charge in [0.15, 0.2) is 0 Å². The third-order valence-electron chi connectivity index (χ3n) is 3.22. The number of imidazole rings is 1. The molecular weight excluding hydrogens is 288 g/mol. The smallest absolute Gasteiger partial charge is 0.253 e. The summed E-state index contributed by atoms with van der Waals surface area (Å²) in [5.74, 6) is -0.0479. The van der Waals surface area contributed by atoms with Gasteiger partial charge in [-0.15, -0.1) is 0 Å². The van der Waals surface area contributed by atoms with Crippen molar-refractivity contribution < 1.29 is 4.79 Å². The van der Waals surface area contributed by atoms with Gasteiger partial charge in [-0.25, -0.2) is 4.98 Å². The van der Waals surface area contributed by atoms with E-state index in [0.29, 0.717) is 17.1 Å². The van der Waals surface area contributed by atoms with Crippen molar-refractivity contribution in [2.45, 2.75) is 20.0 Å². The van der Waals surface area contributed by atoms with Gasteiger partial charge in [-0.1, -0.05) is 11.6 Å². The summed E-state index contributed by atoms with van der Waals surface area (Å²) in [5.41, 5.74) is 2.42. The Hall–Kier alpha value is -2.01. The van der Waals surface area contributed by atoms with Gasteiger partial charge in [-0.05, 0) is 25.1 Å². The number of rotatable bonds is 5. The molecule has 0 fully saturated rings. The van der Waals surface area contributed by atoms with Crippen LogP contribution in [0.2, 0.25) is 5.02 Å². The van der Waals surface area contributed by atoms with E-state index in [-0.39, 0.29) is 5.91 Å². The average Bonchev–Trinajstić information content (AvgIpc) is 2.93. The number of aromatic nitrogens is 2. The second kappa shape index (κ2) is 6.63. The van der Waals surface area contributed by atoms with Crippen LogP contribution in [0.5, 0.6) is 0 Å². The van der Waals surface area contributed by atoms with Crippen molar-refractivity contribution in [3.05, 3.63) is 47.0 Å². The summed E-state index contributed by atoms with van der Waals surface area (Å²) >= 11 is 6.18. The lowest BCUT2D eigenvalue weighted by Crippen LogP contribution is -2.21. The number of hydrogen-bond donors (Lipinski definition) is 1. The minimum atomic E-state index is -0.0479.